The molecule has 3 aromatic carbocycles. The van der Waals surface area contributed by atoms with Gasteiger partial charge in [-0.1, -0.05) is 59.8 Å². The smallest absolute Gasteiger partial charge is 0.272 e. The summed E-state index contributed by atoms with van der Waals surface area (Å²) in [6, 6.07) is 22.9. The van der Waals surface area contributed by atoms with Crippen molar-refractivity contribution in [2.45, 2.75) is 11.8 Å². The van der Waals surface area contributed by atoms with Gasteiger partial charge in [-0.2, -0.15) is 0 Å². The van der Waals surface area contributed by atoms with Gasteiger partial charge in [0.15, 0.2) is 0 Å². The van der Waals surface area contributed by atoms with Crippen LogP contribution in [-0.2, 0) is 14.4 Å². The summed E-state index contributed by atoms with van der Waals surface area (Å²) in [6.07, 6.45) is 0. The number of thioether (sulfide) groups is 1. The second-order valence-electron chi connectivity index (χ2n) is 6.80. The number of nitrogens with one attached hydrogen (secondary N) is 1. The van der Waals surface area contributed by atoms with Gasteiger partial charge in [-0.25, -0.2) is 4.90 Å². The van der Waals surface area contributed by atoms with Crippen LogP contribution in [-0.4, -0.2) is 17.7 Å². The Morgan fingerprint density at radius 3 is 2.26 bits per heavy atom. The lowest BCUT2D eigenvalue weighted by Gasteiger charge is -2.15. The van der Waals surface area contributed by atoms with E-state index in [1.807, 2.05) is 30.3 Å². The first-order chi connectivity index (χ1) is 14.9. The van der Waals surface area contributed by atoms with Crippen molar-refractivity contribution in [1.29, 1.82) is 0 Å². The summed E-state index contributed by atoms with van der Waals surface area (Å²) >= 11 is 7.34. The van der Waals surface area contributed by atoms with Crippen LogP contribution in [0, 0.1) is 0 Å². The maximum atomic E-state index is 13.4. The average Bonchev–Trinajstić information content (AvgIpc) is 2.98. The summed E-state index contributed by atoms with van der Waals surface area (Å²) in [7, 11) is 0. The Morgan fingerprint density at radius 2 is 1.61 bits per heavy atom. The second kappa shape index (κ2) is 8.79. The number of benzene rings is 3. The number of anilines is 2. The molecule has 0 aromatic heterocycles. The van der Waals surface area contributed by atoms with E-state index in [2.05, 4.69) is 5.32 Å². The third-order valence-corrected chi connectivity index (χ3v) is 5.89. The van der Waals surface area contributed by atoms with Gasteiger partial charge in [0.2, 0.25) is 5.91 Å². The number of nitrogens with zero attached hydrogens (tertiary/aromatic N) is 1. The second-order valence-corrected chi connectivity index (χ2v) is 8.32. The zero-order chi connectivity index (χ0) is 22.0. The molecule has 1 aliphatic rings. The van der Waals surface area contributed by atoms with E-state index >= 15 is 0 Å². The Morgan fingerprint density at radius 1 is 0.903 bits per heavy atom. The van der Waals surface area contributed by atoms with E-state index in [1.165, 1.54) is 18.7 Å². The molecule has 0 radical (unpaired) electrons. The Kier molecular flexibility index (Phi) is 5.93. The molecule has 1 N–H and O–H groups in total. The summed E-state index contributed by atoms with van der Waals surface area (Å²) in [5.74, 6) is -1.01. The van der Waals surface area contributed by atoms with Gasteiger partial charge in [-0.15, -0.1) is 0 Å². The number of halogens is 1. The number of imide groups is 1. The summed E-state index contributed by atoms with van der Waals surface area (Å²) in [6.45, 7) is 1.42. The van der Waals surface area contributed by atoms with Crippen LogP contribution in [0.5, 0.6) is 0 Å². The predicted molar refractivity (Wildman–Crippen MR) is 124 cm³/mol. The highest BCUT2D eigenvalue weighted by atomic mass is 35.5. The molecule has 5 nitrogen and oxygen atoms in total. The zero-order valence-corrected chi connectivity index (χ0v) is 18.0. The van der Waals surface area contributed by atoms with Gasteiger partial charge in [0.25, 0.3) is 11.8 Å². The molecule has 7 heteroatoms. The van der Waals surface area contributed by atoms with Gasteiger partial charge in [0, 0.05) is 22.5 Å². The molecule has 0 atom stereocenters. The maximum Gasteiger partial charge on any atom is 0.272 e. The van der Waals surface area contributed by atoms with Crippen LogP contribution in [0.15, 0.2) is 88.7 Å². The minimum atomic E-state index is -0.419. The van der Waals surface area contributed by atoms with E-state index < -0.39 is 11.8 Å². The summed E-state index contributed by atoms with van der Waals surface area (Å²) in [4.78, 5) is 40.4. The maximum absolute atomic E-state index is 13.4. The van der Waals surface area contributed by atoms with Crippen molar-refractivity contribution >= 4 is 58.0 Å². The largest absolute Gasteiger partial charge is 0.326 e. The monoisotopic (exact) mass is 448 g/mol. The first kappa shape index (κ1) is 20.9. The molecule has 1 heterocycles. The summed E-state index contributed by atoms with van der Waals surface area (Å²) in [5, 5.41) is 3.13. The highest BCUT2D eigenvalue weighted by Gasteiger charge is 2.40. The predicted octanol–water partition coefficient (Wildman–Crippen LogP) is 5.38. The van der Waals surface area contributed by atoms with Crippen LogP contribution >= 0.6 is 23.4 Å². The SMILES string of the molecule is CC(=O)Nc1ccc(C2=C(Sc3ccccc3)C(=O)N(c3cccc(Cl)c3)C2=O)cc1. The fraction of sp³-hybridized carbons (Fsp3) is 0.0417. The first-order valence-electron chi connectivity index (χ1n) is 9.43. The van der Waals surface area contributed by atoms with E-state index in [0.29, 0.717) is 32.4 Å². The topological polar surface area (TPSA) is 66.5 Å². The molecule has 154 valence electrons. The van der Waals surface area contributed by atoms with Crippen LogP contribution in [0.2, 0.25) is 5.02 Å². The molecule has 0 bridgehead atoms. The molecule has 4 rings (SSSR count). The van der Waals surface area contributed by atoms with E-state index in [1.54, 1.807) is 48.5 Å². The Bertz CT molecular complexity index is 1210. The number of carbonyl (C=O) groups is 3. The molecular weight excluding hydrogens is 432 g/mol. The van der Waals surface area contributed by atoms with Crippen LogP contribution in [0.4, 0.5) is 11.4 Å². The summed E-state index contributed by atoms with van der Waals surface area (Å²) < 4.78 is 0. The fourth-order valence-corrected chi connectivity index (χ4v) is 4.44. The van der Waals surface area contributed by atoms with E-state index in [0.717, 1.165) is 9.80 Å². The molecule has 3 amide bonds. The number of hydrogen-bond donors (Lipinski definition) is 1. The number of carbonyl (C=O) groups excluding carboxylic acids is 3. The van der Waals surface area contributed by atoms with Crippen molar-refractivity contribution in [3.05, 3.63) is 94.4 Å². The van der Waals surface area contributed by atoms with Crippen LogP contribution in [0.25, 0.3) is 5.57 Å². The number of hydrogen-bond acceptors (Lipinski definition) is 4. The van der Waals surface area contributed by atoms with Crippen LogP contribution < -0.4 is 10.2 Å². The molecular formula is C24H17ClN2O3S. The number of amides is 3. The fourth-order valence-electron chi connectivity index (χ4n) is 3.24. The standard InChI is InChI=1S/C24H17ClN2O3S/c1-15(28)26-18-12-10-16(11-13-18)21-22(31-20-8-3-2-4-9-20)24(30)27(23(21)29)19-7-5-6-17(25)14-19/h2-14H,1H3,(H,26,28). The van der Waals surface area contributed by atoms with Gasteiger partial charge < -0.3 is 5.32 Å². The lowest BCUT2D eigenvalue weighted by molar-refractivity contribution is -0.120. The minimum Gasteiger partial charge on any atom is -0.326 e. The van der Waals surface area contributed by atoms with Crippen molar-refractivity contribution in [2.75, 3.05) is 10.2 Å². The zero-order valence-electron chi connectivity index (χ0n) is 16.5. The van der Waals surface area contributed by atoms with Crippen LogP contribution in [0.1, 0.15) is 12.5 Å². The van der Waals surface area contributed by atoms with Crippen molar-refractivity contribution < 1.29 is 14.4 Å². The average molecular weight is 449 g/mol. The molecule has 0 aliphatic carbocycles. The van der Waals surface area contributed by atoms with E-state index in [-0.39, 0.29) is 5.91 Å². The molecule has 0 spiro atoms. The third kappa shape index (κ3) is 4.40. The van der Waals surface area contributed by atoms with Gasteiger partial charge in [-0.3, -0.25) is 14.4 Å². The quantitative estimate of drug-likeness (QED) is 0.532. The van der Waals surface area contributed by atoms with Gasteiger partial charge in [0.05, 0.1) is 16.2 Å². The first-order valence-corrected chi connectivity index (χ1v) is 10.6. The molecule has 0 saturated heterocycles. The van der Waals surface area contributed by atoms with Crippen LogP contribution in [0.3, 0.4) is 0 Å². The Labute approximate surface area is 188 Å². The molecule has 1 aliphatic heterocycles. The number of rotatable bonds is 5. The molecule has 0 saturated carbocycles. The summed E-state index contributed by atoms with van der Waals surface area (Å²) in [5.41, 5.74) is 1.93. The highest BCUT2D eigenvalue weighted by molar-refractivity contribution is 8.04. The van der Waals surface area contributed by atoms with Gasteiger partial charge in [0.1, 0.15) is 0 Å². The normalized spacial score (nSPS) is 13.7. The highest BCUT2D eigenvalue weighted by Crippen LogP contribution is 2.41. The Hall–Kier alpha value is -3.35. The Balaban J connectivity index is 1.78. The molecule has 0 unspecified atom stereocenters. The van der Waals surface area contributed by atoms with Crippen molar-refractivity contribution in [3.63, 3.8) is 0 Å². The van der Waals surface area contributed by atoms with Crippen molar-refractivity contribution in [2.24, 2.45) is 0 Å². The molecule has 0 fully saturated rings. The van der Waals surface area contributed by atoms with Crippen molar-refractivity contribution in [3.8, 4) is 0 Å². The molecule has 31 heavy (non-hydrogen) atoms. The third-order valence-electron chi connectivity index (χ3n) is 4.56. The lowest BCUT2D eigenvalue weighted by Crippen LogP contribution is -2.31. The van der Waals surface area contributed by atoms with E-state index in [9.17, 15) is 14.4 Å². The minimum absolute atomic E-state index is 0.188. The molecule has 3 aromatic rings. The van der Waals surface area contributed by atoms with E-state index in [4.69, 9.17) is 11.6 Å². The van der Waals surface area contributed by atoms with Gasteiger partial charge >= 0.3 is 0 Å². The van der Waals surface area contributed by atoms with Gasteiger partial charge in [-0.05, 0) is 48.0 Å². The lowest BCUT2D eigenvalue weighted by atomic mass is 10.1. The van der Waals surface area contributed by atoms with Crippen molar-refractivity contribution in [1.82, 2.24) is 0 Å².